The van der Waals surface area contributed by atoms with E-state index in [1.54, 1.807) is 44.2 Å². The number of fused-ring (bicyclic) bond motifs is 2. The fourth-order valence-electron chi connectivity index (χ4n) is 4.54. The van der Waals surface area contributed by atoms with Crippen molar-refractivity contribution >= 4 is 45.8 Å². The van der Waals surface area contributed by atoms with Gasteiger partial charge in [-0.1, -0.05) is 23.7 Å². The molecule has 5 rings (SSSR count). The lowest BCUT2D eigenvalue weighted by molar-refractivity contribution is -0.384. The second kappa shape index (κ2) is 9.01. The number of nitrogens with zero attached hydrogens (tertiary/aromatic N) is 2. The number of furan rings is 1. The normalized spacial score (nSPS) is 14.2. The van der Waals surface area contributed by atoms with Gasteiger partial charge in [-0.15, -0.1) is 0 Å². The van der Waals surface area contributed by atoms with E-state index in [0.717, 1.165) is 5.56 Å². The minimum absolute atomic E-state index is 0.0529. The highest BCUT2D eigenvalue weighted by atomic mass is 35.5. The van der Waals surface area contributed by atoms with Crippen molar-refractivity contribution in [3.05, 3.63) is 104 Å². The molecule has 2 heterocycles. The highest BCUT2D eigenvalue weighted by Gasteiger charge is 2.44. The Kier molecular flexibility index (Phi) is 5.95. The number of anilines is 1. The molecule has 3 aromatic carbocycles. The fourth-order valence-corrected chi connectivity index (χ4v) is 4.76. The lowest BCUT2D eigenvalue weighted by Gasteiger charge is -2.21. The van der Waals surface area contributed by atoms with Crippen LogP contribution in [0.5, 0.6) is 0 Å². The number of nitro benzene ring substituents is 1. The number of carbonyl (C=O) groups is 2. The minimum Gasteiger partial charge on any atom is -0.459 e. The van der Waals surface area contributed by atoms with Gasteiger partial charge in [-0.3, -0.25) is 19.7 Å². The molecule has 0 unspecified atom stereocenters. The first kappa shape index (κ1) is 24.5. The molecule has 0 saturated carbocycles. The third kappa shape index (κ3) is 4.31. The maximum atomic E-state index is 14.5. The lowest BCUT2D eigenvalue weighted by Crippen LogP contribution is -2.36. The molecule has 0 atom stereocenters. The first-order chi connectivity index (χ1) is 17.6. The van der Waals surface area contributed by atoms with Crippen LogP contribution in [-0.2, 0) is 23.3 Å². The Morgan fingerprint density at radius 3 is 2.68 bits per heavy atom. The van der Waals surface area contributed by atoms with Crippen LogP contribution in [0.4, 0.5) is 15.8 Å². The number of benzene rings is 3. The van der Waals surface area contributed by atoms with Crippen molar-refractivity contribution in [1.29, 1.82) is 0 Å². The summed E-state index contributed by atoms with van der Waals surface area (Å²) in [6, 6.07) is 15.2. The molecule has 1 aliphatic rings. The SMILES string of the molecule is CC1(C)C(=O)N(Cc2c(F)cccc2Cl)c2cc(C(=O)NCc3cc4cc([N+](=O)[O-])ccc4o3)ccc21. The maximum Gasteiger partial charge on any atom is 0.270 e. The maximum absolute atomic E-state index is 14.5. The van der Waals surface area contributed by atoms with Crippen LogP contribution < -0.4 is 10.2 Å². The van der Waals surface area contributed by atoms with Crippen molar-refractivity contribution in [3.63, 3.8) is 0 Å². The van der Waals surface area contributed by atoms with E-state index in [4.69, 9.17) is 16.0 Å². The van der Waals surface area contributed by atoms with E-state index in [9.17, 15) is 24.1 Å². The third-order valence-corrected chi connectivity index (χ3v) is 6.92. The Hall–Kier alpha value is -4.24. The molecule has 1 N–H and O–H groups in total. The van der Waals surface area contributed by atoms with Crippen LogP contribution in [0, 0.1) is 15.9 Å². The molecule has 1 aliphatic heterocycles. The van der Waals surface area contributed by atoms with Gasteiger partial charge >= 0.3 is 0 Å². The molecule has 0 aliphatic carbocycles. The number of amides is 2. The monoisotopic (exact) mass is 521 g/mol. The zero-order chi connectivity index (χ0) is 26.5. The number of rotatable bonds is 6. The number of halogens is 2. The minimum atomic E-state index is -0.862. The van der Waals surface area contributed by atoms with Gasteiger partial charge in [0.15, 0.2) is 0 Å². The smallest absolute Gasteiger partial charge is 0.270 e. The number of hydrogen-bond acceptors (Lipinski definition) is 5. The highest BCUT2D eigenvalue weighted by molar-refractivity contribution is 6.31. The van der Waals surface area contributed by atoms with E-state index in [1.165, 1.54) is 35.2 Å². The van der Waals surface area contributed by atoms with Gasteiger partial charge in [-0.2, -0.15) is 0 Å². The second-order valence-electron chi connectivity index (χ2n) is 9.32. The zero-order valence-corrected chi connectivity index (χ0v) is 20.6. The van der Waals surface area contributed by atoms with E-state index >= 15 is 0 Å². The van der Waals surface area contributed by atoms with E-state index in [-0.39, 0.29) is 35.3 Å². The largest absolute Gasteiger partial charge is 0.459 e. The number of nitrogens with one attached hydrogen (secondary N) is 1. The standard InChI is InChI=1S/C27H21ClFN3O5/c1-27(2)20-8-6-15(12-23(20)31(26(27)34)14-19-21(28)4-3-5-22(19)29)25(33)30-13-18-11-16-10-17(32(35)36)7-9-24(16)37-18/h3-12H,13-14H2,1-2H3,(H,30,33). The molecule has 10 heteroatoms. The lowest BCUT2D eigenvalue weighted by atomic mass is 9.86. The number of hydrogen-bond donors (Lipinski definition) is 1. The first-order valence-corrected chi connectivity index (χ1v) is 11.8. The molecule has 0 bridgehead atoms. The van der Waals surface area contributed by atoms with Gasteiger partial charge in [0.1, 0.15) is 17.2 Å². The van der Waals surface area contributed by atoms with Crippen LogP contribution in [0.2, 0.25) is 5.02 Å². The molecule has 0 spiro atoms. The van der Waals surface area contributed by atoms with Crippen LogP contribution >= 0.6 is 11.6 Å². The Bertz CT molecular complexity index is 1580. The average molecular weight is 522 g/mol. The number of nitro groups is 1. The summed E-state index contributed by atoms with van der Waals surface area (Å²) in [6.45, 7) is 3.54. The summed E-state index contributed by atoms with van der Waals surface area (Å²) >= 11 is 6.20. The predicted octanol–water partition coefficient (Wildman–Crippen LogP) is 5.89. The Morgan fingerprint density at radius 2 is 1.95 bits per heavy atom. The highest BCUT2D eigenvalue weighted by Crippen LogP contribution is 2.43. The second-order valence-corrected chi connectivity index (χ2v) is 9.73. The van der Waals surface area contributed by atoms with Crippen molar-refractivity contribution < 1.29 is 23.3 Å². The Labute approximate surface area is 215 Å². The fraction of sp³-hybridized carbons (Fsp3) is 0.185. The van der Waals surface area contributed by atoms with E-state index in [0.29, 0.717) is 28.0 Å². The molecule has 0 fully saturated rings. The van der Waals surface area contributed by atoms with Crippen LogP contribution in [0.1, 0.15) is 41.1 Å². The topological polar surface area (TPSA) is 106 Å². The molecule has 4 aromatic rings. The van der Waals surface area contributed by atoms with Crippen molar-refractivity contribution in [3.8, 4) is 0 Å². The van der Waals surface area contributed by atoms with Gasteiger partial charge < -0.3 is 14.6 Å². The molecular formula is C27H21ClFN3O5. The van der Waals surface area contributed by atoms with Crippen molar-refractivity contribution in [1.82, 2.24) is 5.32 Å². The Morgan fingerprint density at radius 1 is 1.16 bits per heavy atom. The van der Waals surface area contributed by atoms with Gasteiger partial charge in [-0.25, -0.2) is 4.39 Å². The summed E-state index contributed by atoms with van der Waals surface area (Å²) in [4.78, 5) is 38.2. The quantitative estimate of drug-likeness (QED) is 0.251. The molecule has 2 amide bonds. The molecule has 0 radical (unpaired) electrons. The predicted molar refractivity (Wildman–Crippen MR) is 136 cm³/mol. The van der Waals surface area contributed by atoms with Gasteiger partial charge in [0.05, 0.1) is 23.4 Å². The summed E-state index contributed by atoms with van der Waals surface area (Å²) in [6.07, 6.45) is 0. The van der Waals surface area contributed by atoms with Crippen LogP contribution in [0.25, 0.3) is 11.0 Å². The molecule has 188 valence electrons. The van der Waals surface area contributed by atoms with Crippen molar-refractivity contribution in [2.45, 2.75) is 32.4 Å². The summed E-state index contributed by atoms with van der Waals surface area (Å²) in [5.41, 5.74) is 1.29. The number of non-ortho nitro benzene ring substituents is 1. The molecule has 1 aromatic heterocycles. The summed E-state index contributed by atoms with van der Waals surface area (Å²) in [7, 11) is 0. The van der Waals surface area contributed by atoms with Gasteiger partial charge in [0.2, 0.25) is 5.91 Å². The first-order valence-electron chi connectivity index (χ1n) is 11.4. The molecule has 0 saturated heterocycles. The van der Waals surface area contributed by atoms with Crippen molar-refractivity contribution in [2.24, 2.45) is 0 Å². The van der Waals surface area contributed by atoms with Crippen LogP contribution in [0.15, 0.2) is 65.1 Å². The zero-order valence-electron chi connectivity index (χ0n) is 19.9. The molecular weight excluding hydrogens is 501 g/mol. The third-order valence-electron chi connectivity index (χ3n) is 6.57. The molecule has 37 heavy (non-hydrogen) atoms. The summed E-state index contributed by atoms with van der Waals surface area (Å²) in [5, 5.41) is 14.5. The summed E-state index contributed by atoms with van der Waals surface area (Å²) in [5.74, 6) is -0.722. The van der Waals surface area contributed by atoms with Crippen LogP contribution in [-0.4, -0.2) is 16.7 Å². The van der Waals surface area contributed by atoms with Gasteiger partial charge in [0.25, 0.3) is 11.6 Å². The Balaban J connectivity index is 1.39. The average Bonchev–Trinajstić information content (AvgIpc) is 3.35. The van der Waals surface area contributed by atoms with Crippen LogP contribution in [0.3, 0.4) is 0 Å². The van der Waals surface area contributed by atoms with Gasteiger partial charge in [-0.05, 0) is 55.8 Å². The molecule has 8 nitrogen and oxygen atoms in total. The van der Waals surface area contributed by atoms with E-state index < -0.39 is 22.1 Å². The van der Waals surface area contributed by atoms with E-state index in [1.807, 2.05) is 0 Å². The van der Waals surface area contributed by atoms with Crippen molar-refractivity contribution in [2.75, 3.05) is 4.90 Å². The number of carbonyl (C=O) groups excluding carboxylic acids is 2. The van der Waals surface area contributed by atoms with Gasteiger partial charge in [0, 0.05) is 39.4 Å². The summed E-state index contributed by atoms with van der Waals surface area (Å²) < 4.78 is 20.2. The van der Waals surface area contributed by atoms with E-state index in [2.05, 4.69) is 5.32 Å².